The van der Waals surface area contributed by atoms with Crippen LogP contribution in [0.15, 0.2) is 17.1 Å². The molecule has 1 saturated heterocycles. The maximum Gasteiger partial charge on any atom is 0.341 e. The molecule has 3 aliphatic rings. The van der Waals surface area contributed by atoms with Crippen molar-refractivity contribution in [2.24, 2.45) is 11.8 Å². The van der Waals surface area contributed by atoms with Gasteiger partial charge in [-0.3, -0.25) is 4.79 Å². The average Bonchev–Trinajstić information content (AvgIpc) is 3.46. The van der Waals surface area contributed by atoms with Crippen molar-refractivity contribution in [1.29, 1.82) is 0 Å². The number of aromatic carboxylic acids is 1. The second-order valence-corrected chi connectivity index (χ2v) is 9.00. The SMILES string of the molecule is C[C@H]1CN(c2c(F)cc3c(=O)c(C(=O)O)cn4c3c2OC[C@@H]4C)C[C@H]1CNC1CC1. The summed E-state index contributed by atoms with van der Waals surface area (Å²) in [5.41, 5.74) is -0.173. The molecule has 2 aliphatic heterocycles. The van der Waals surface area contributed by atoms with Crippen LogP contribution >= 0.6 is 0 Å². The number of hydrogen-bond acceptors (Lipinski definition) is 5. The Balaban J connectivity index is 1.60. The van der Waals surface area contributed by atoms with Gasteiger partial charge in [-0.25, -0.2) is 9.18 Å². The van der Waals surface area contributed by atoms with Crippen molar-refractivity contribution < 1.29 is 19.0 Å². The number of nitrogens with one attached hydrogen (secondary N) is 1. The number of carboxylic acids is 1. The lowest BCUT2D eigenvalue weighted by atomic mass is 9.98. The summed E-state index contributed by atoms with van der Waals surface area (Å²) in [5, 5.41) is 13.0. The van der Waals surface area contributed by atoms with Crippen LogP contribution < -0.4 is 20.4 Å². The summed E-state index contributed by atoms with van der Waals surface area (Å²) in [6, 6.07) is 1.65. The molecule has 8 heteroatoms. The van der Waals surface area contributed by atoms with Gasteiger partial charge in [0.05, 0.1) is 16.9 Å². The van der Waals surface area contributed by atoms with Crippen molar-refractivity contribution in [3.8, 4) is 5.75 Å². The molecule has 3 heterocycles. The minimum atomic E-state index is -1.31. The number of hydrogen-bond donors (Lipinski definition) is 2. The molecular formula is C22H26FN3O4. The summed E-state index contributed by atoms with van der Waals surface area (Å²) >= 11 is 0. The minimum absolute atomic E-state index is 0.0527. The maximum atomic E-state index is 15.3. The lowest BCUT2D eigenvalue weighted by molar-refractivity contribution is 0.0694. The molecule has 30 heavy (non-hydrogen) atoms. The van der Waals surface area contributed by atoms with Crippen LogP contribution in [-0.4, -0.2) is 47.9 Å². The Morgan fingerprint density at radius 1 is 1.33 bits per heavy atom. The van der Waals surface area contributed by atoms with E-state index in [-0.39, 0.29) is 23.6 Å². The van der Waals surface area contributed by atoms with Crippen molar-refractivity contribution in [2.45, 2.75) is 38.8 Å². The molecule has 2 fully saturated rings. The number of rotatable bonds is 5. The van der Waals surface area contributed by atoms with Crippen LogP contribution in [-0.2, 0) is 0 Å². The largest absolute Gasteiger partial charge is 0.487 e. The Morgan fingerprint density at radius 2 is 2.10 bits per heavy atom. The van der Waals surface area contributed by atoms with E-state index in [1.54, 1.807) is 4.57 Å². The number of halogens is 1. The molecule has 3 atom stereocenters. The van der Waals surface area contributed by atoms with Crippen LogP contribution in [0, 0.1) is 17.7 Å². The number of aromatic nitrogens is 1. The molecule has 0 amide bonds. The third-order valence-electron chi connectivity index (χ3n) is 6.70. The van der Waals surface area contributed by atoms with Gasteiger partial charge in [0.2, 0.25) is 5.43 Å². The predicted molar refractivity (Wildman–Crippen MR) is 111 cm³/mol. The third kappa shape index (κ3) is 3.05. The Labute approximate surface area is 173 Å². The van der Waals surface area contributed by atoms with E-state index in [0.717, 1.165) is 6.54 Å². The molecule has 0 bridgehead atoms. The molecule has 1 aliphatic carbocycles. The minimum Gasteiger partial charge on any atom is -0.487 e. The zero-order chi connectivity index (χ0) is 21.2. The van der Waals surface area contributed by atoms with E-state index in [4.69, 9.17) is 4.74 Å². The first-order valence-corrected chi connectivity index (χ1v) is 10.6. The van der Waals surface area contributed by atoms with Crippen molar-refractivity contribution in [1.82, 2.24) is 9.88 Å². The van der Waals surface area contributed by atoms with E-state index in [1.807, 2.05) is 11.8 Å². The lowest BCUT2D eigenvalue weighted by Gasteiger charge is -2.31. The second-order valence-electron chi connectivity index (χ2n) is 9.00. The van der Waals surface area contributed by atoms with Crippen molar-refractivity contribution >= 4 is 22.6 Å². The Morgan fingerprint density at radius 3 is 2.80 bits per heavy atom. The highest BCUT2D eigenvalue weighted by molar-refractivity contribution is 5.97. The number of benzene rings is 1. The van der Waals surface area contributed by atoms with Crippen LogP contribution in [0.25, 0.3) is 10.9 Å². The van der Waals surface area contributed by atoms with E-state index in [9.17, 15) is 14.7 Å². The number of carbonyl (C=O) groups is 1. The quantitative estimate of drug-likeness (QED) is 0.781. The molecule has 1 aromatic heterocycles. The normalized spacial score (nSPS) is 25.6. The smallest absolute Gasteiger partial charge is 0.341 e. The van der Waals surface area contributed by atoms with Crippen LogP contribution in [0.4, 0.5) is 10.1 Å². The second kappa shape index (κ2) is 6.97. The first-order chi connectivity index (χ1) is 14.3. The van der Waals surface area contributed by atoms with Crippen LogP contribution in [0.1, 0.15) is 43.1 Å². The van der Waals surface area contributed by atoms with E-state index in [0.29, 0.717) is 47.9 Å². The van der Waals surface area contributed by atoms with E-state index in [1.165, 1.54) is 25.1 Å². The summed E-state index contributed by atoms with van der Waals surface area (Å²) in [6.07, 6.45) is 3.83. The maximum absolute atomic E-state index is 15.3. The fourth-order valence-electron chi connectivity index (χ4n) is 4.75. The van der Waals surface area contributed by atoms with Gasteiger partial charge in [-0.05, 0) is 37.7 Å². The van der Waals surface area contributed by atoms with Gasteiger partial charge < -0.3 is 24.6 Å². The number of pyridine rings is 1. The predicted octanol–water partition coefficient (Wildman–Crippen LogP) is 2.62. The summed E-state index contributed by atoms with van der Waals surface area (Å²) in [6.45, 7) is 6.70. The molecule has 2 N–H and O–H groups in total. The van der Waals surface area contributed by atoms with E-state index < -0.39 is 17.2 Å². The molecule has 7 nitrogen and oxygen atoms in total. The van der Waals surface area contributed by atoms with Gasteiger partial charge in [0.15, 0.2) is 11.6 Å². The summed E-state index contributed by atoms with van der Waals surface area (Å²) in [7, 11) is 0. The molecule has 2 aromatic rings. The van der Waals surface area contributed by atoms with E-state index >= 15 is 4.39 Å². The topological polar surface area (TPSA) is 83.8 Å². The highest BCUT2D eigenvalue weighted by Gasteiger charge is 2.36. The van der Waals surface area contributed by atoms with Gasteiger partial charge in [-0.2, -0.15) is 0 Å². The first-order valence-electron chi connectivity index (χ1n) is 10.6. The lowest BCUT2D eigenvalue weighted by Crippen LogP contribution is -2.30. The van der Waals surface area contributed by atoms with Gasteiger partial charge in [-0.1, -0.05) is 6.92 Å². The number of ether oxygens (including phenoxy) is 1. The summed E-state index contributed by atoms with van der Waals surface area (Å²) in [5.74, 6) is -0.694. The molecule has 1 saturated carbocycles. The van der Waals surface area contributed by atoms with Crippen molar-refractivity contribution in [3.05, 3.63) is 33.9 Å². The fraction of sp³-hybridized carbons (Fsp3) is 0.545. The van der Waals surface area contributed by atoms with Gasteiger partial charge >= 0.3 is 5.97 Å². The Kier molecular flexibility index (Phi) is 4.50. The summed E-state index contributed by atoms with van der Waals surface area (Å²) in [4.78, 5) is 26.3. The zero-order valence-electron chi connectivity index (χ0n) is 17.2. The van der Waals surface area contributed by atoms with Crippen LogP contribution in [0.2, 0.25) is 0 Å². The zero-order valence-corrected chi connectivity index (χ0v) is 17.2. The van der Waals surface area contributed by atoms with Crippen molar-refractivity contribution in [2.75, 3.05) is 31.1 Å². The third-order valence-corrected chi connectivity index (χ3v) is 6.70. The van der Waals surface area contributed by atoms with Gasteiger partial charge in [-0.15, -0.1) is 0 Å². The highest BCUT2D eigenvalue weighted by atomic mass is 19.1. The van der Waals surface area contributed by atoms with Gasteiger partial charge in [0.1, 0.15) is 17.9 Å². The van der Waals surface area contributed by atoms with E-state index in [2.05, 4.69) is 12.2 Å². The van der Waals surface area contributed by atoms with Gasteiger partial charge in [0.25, 0.3) is 0 Å². The molecule has 0 unspecified atom stereocenters. The van der Waals surface area contributed by atoms with Crippen LogP contribution in [0.3, 0.4) is 0 Å². The number of nitrogens with zero attached hydrogens (tertiary/aromatic N) is 2. The van der Waals surface area contributed by atoms with Gasteiger partial charge in [0, 0.05) is 31.9 Å². The first kappa shape index (κ1) is 19.4. The van der Waals surface area contributed by atoms with Crippen molar-refractivity contribution in [3.63, 3.8) is 0 Å². The monoisotopic (exact) mass is 415 g/mol. The van der Waals surface area contributed by atoms with Crippen LogP contribution in [0.5, 0.6) is 5.75 Å². The fourth-order valence-corrected chi connectivity index (χ4v) is 4.75. The highest BCUT2D eigenvalue weighted by Crippen LogP contribution is 2.44. The Hall–Kier alpha value is -2.61. The number of carboxylic acid groups (broad SMARTS) is 1. The average molecular weight is 415 g/mol. The number of anilines is 1. The standard InChI is InChI=1S/C22H26FN3O4/c1-11-7-25(8-13(11)6-24-14-3-4-14)19-17(23)5-15-18-21(19)30-10-12(2)26(18)9-16(20(15)27)22(28)29/h5,9,11-14,24H,3-4,6-8,10H2,1-2H3,(H,28,29)/t11-,12-,13+/m0/s1. The summed E-state index contributed by atoms with van der Waals surface area (Å²) < 4.78 is 23.0. The molecule has 5 rings (SSSR count). The molecule has 1 aromatic carbocycles. The molecule has 0 spiro atoms. The molecule has 160 valence electrons. The Bertz CT molecular complexity index is 1090. The molecule has 0 radical (unpaired) electrons. The molecular weight excluding hydrogens is 389 g/mol.